The van der Waals surface area contributed by atoms with Gasteiger partial charge in [-0.1, -0.05) is 58.4 Å². The van der Waals surface area contributed by atoms with Gasteiger partial charge >= 0.3 is 0 Å². The van der Waals surface area contributed by atoms with Gasteiger partial charge in [0.05, 0.1) is 0 Å². The number of benzene rings is 3. The van der Waals surface area contributed by atoms with Gasteiger partial charge in [0, 0.05) is 22.6 Å². The van der Waals surface area contributed by atoms with E-state index in [0.29, 0.717) is 5.76 Å². The molecule has 0 atom stereocenters. The highest BCUT2D eigenvalue weighted by Crippen LogP contribution is 2.44. The smallest absolute Gasteiger partial charge is 0.185 e. The molecule has 0 unspecified atom stereocenters. The van der Waals surface area contributed by atoms with Crippen LogP contribution in [0, 0.1) is 13.8 Å². The Balaban J connectivity index is 2.20. The molecule has 0 fully saturated rings. The van der Waals surface area contributed by atoms with Gasteiger partial charge in [0.25, 0.3) is 0 Å². The fraction of sp³-hybridized carbons (Fsp3) is 0.321. The molecule has 0 saturated carbocycles. The molecule has 2 aromatic rings. The number of fused-ring (bicyclic) bond motifs is 2. The Hall–Kier alpha value is -2.87. The third-order valence-corrected chi connectivity index (χ3v) is 6.00. The van der Waals surface area contributed by atoms with Crippen LogP contribution in [0.2, 0.25) is 0 Å². The quantitative estimate of drug-likeness (QED) is 0.336. The SMILES string of the molecule is CCCc1cc2oc3cc(=O)c(C)cc-3c(-c3ccccc3C(C)(C)C)c2cc1C. The standard InChI is InChI=1S/C28H30O2/c1-7-10-19-15-25-21(13-17(19)2)27(20-11-8-9-12-23(20)28(4,5)6)22-14-18(3)24(29)16-26(22)30-25/h8-9,11-16H,7,10H2,1-6H3. The van der Waals surface area contributed by atoms with E-state index in [0.717, 1.165) is 40.5 Å². The second-order valence-corrected chi connectivity index (χ2v) is 9.41. The lowest BCUT2D eigenvalue weighted by Crippen LogP contribution is -2.13. The van der Waals surface area contributed by atoms with Gasteiger partial charge in [-0.3, -0.25) is 4.79 Å². The van der Waals surface area contributed by atoms with Crippen molar-refractivity contribution in [2.75, 3.05) is 0 Å². The maximum atomic E-state index is 12.4. The highest BCUT2D eigenvalue weighted by molar-refractivity contribution is 6.03. The molecule has 2 heteroatoms. The Kier molecular flexibility index (Phi) is 5.05. The van der Waals surface area contributed by atoms with Gasteiger partial charge in [-0.25, -0.2) is 0 Å². The molecule has 0 spiro atoms. The lowest BCUT2D eigenvalue weighted by atomic mass is 9.79. The van der Waals surface area contributed by atoms with Crippen molar-refractivity contribution in [2.24, 2.45) is 0 Å². The predicted molar refractivity (Wildman–Crippen MR) is 127 cm³/mol. The van der Waals surface area contributed by atoms with E-state index in [-0.39, 0.29) is 10.8 Å². The molecule has 0 N–H and O–H groups in total. The van der Waals surface area contributed by atoms with Crippen LogP contribution in [0.5, 0.6) is 0 Å². The van der Waals surface area contributed by atoms with E-state index < -0.39 is 0 Å². The lowest BCUT2D eigenvalue weighted by molar-refractivity contribution is 0.591. The Labute approximate surface area is 178 Å². The summed E-state index contributed by atoms with van der Waals surface area (Å²) in [7, 11) is 0. The van der Waals surface area contributed by atoms with Gasteiger partial charge in [-0.2, -0.15) is 0 Å². The highest BCUT2D eigenvalue weighted by Gasteiger charge is 2.24. The van der Waals surface area contributed by atoms with Crippen LogP contribution in [0.25, 0.3) is 33.4 Å². The molecule has 0 aromatic heterocycles. The summed E-state index contributed by atoms with van der Waals surface area (Å²) in [5, 5.41) is 1.11. The molecule has 0 amide bonds. The predicted octanol–water partition coefficient (Wildman–Crippen LogP) is 7.43. The normalized spacial score (nSPS) is 12.1. The Morgan fingerprint density at radius 1 is 0.900 bits per heavy atom. The average Bonchev–Trinajstić information content (AvgIpc) is 2.68. The van der Waals surface area contributed by atoms with Crippen LogP contribution < -0.4 is 5.43 Å². The van der Waals surface area contributed by atoms with Crippen LogP contribution in [-0.2, 0) is 11.8 Å². The van der Waals surface area contributed by atoms with E-state index >= 15 is 0 Å². The summed E-state index contributed by atoms with van der Waals surface area (Å²) < 4.78 is 6.31. The van der Waals surface area contributed by atoms with Crippen molar-refractivity contribution in [2.45, 2.75) is 59.8 Å². The van der Waals surface area contributed by atoms with Crippen LogP contribution in [0.15, 0.2) is 57.7 Å². The molecule has 1 heterocycles. The number of rotatable bonds is 3. The number of aryl methyl sites for hydroxylation is 3. The van der Waals surface area contributed by atoms with Gasteiger partial charge in [-0.05, 0) is 71.7 Å². The molecule has 1 aliphatic carbocycles. The molecule has 2 nitrogen and oxygen atoms in total. The third-order valence-electron chi connectivity index (χ3n) is 6.00. The summed E-state index contributed by atoms with van der Waals surface area (Å²) in [5.41, 5.74) is 8.83. The first kappa shape index (κ1) is 20.4. The Morgan fingerprint density at radius 2 is 1.63 bits per heavy atom. The topological polar surface area (TPSA) is 30.2 Å². The van der Waals surface area contributed by atoms with E-state index in [1.54, 1.807) is 6.07 Å². The fourth-order valence-electron chi connectivity index (χ4n) is 4.41. The summed E-state index contributed by atoms with van der Waals surface area (Å²) in [5.74, 6) is 0.656. The third kappa shape index (κ3) is 3.45. The zero-order valence-electron chi connectivity index (χ0n) is 18.8. The van der Waals surface area contributed by atoms with E-state index in [2.05, 4.69) is 71.0 Å². The lowest BCUT2D eigenvalue weighted by Gasteiger charge is -2.25. The van der Waals surface area contributed by atoms with Crippen molar-refractivity contribution >= 4 is 11.0 Å². The molecule has 0 saturated heterocycles. The largest absolute Gasteiger partial charge is 0.456 e. The van der Waals surface area contributed by atoms with E-state index in [1.165, 1.54) is 22.3 Å². The first-order valence-electron chi connectivity index (χ1n) is 10.8. The monoisotopic (exact) mass is 398 g/mol. The molecule has 4 rings (SSSR count). The molecule has 0 bridgehead atoms. The Morgan fingerprint density at radius 3 is 2.33 bits per heavy atom. The highest BCUT2D eigenvalue weighted by atomic mass is 16.3. The van der Waals surface area contributed by atoms with Crippen LogP contribution in [0.3, 0.4) is 0 Å². The van der Waals surface area contributed by atoms with Gasteiger partial charge in [0.15, 0.2) is 5.43 Å². The van der Waals surface area contributed by atoms with Crippen LogP contribution >= 0.6 is 0 Å². The summed E-state index contributed by atoms with van der Waals surface area (Å²) in [6.07, 6.45) is 2.10. The van der Waals surface area contributed by atoms with Crippen molar-refractivity contribution in [1.29, 1.82) is 0 Å². The van der Waals surface area contributed by atoms with Crippen molar-refractivity contribution < 1.29 is 4.42 Å². The van der Waals surface area contributed by atoms with E-state index in [9.17, 15) is 4.79 Å². The van der Waals surface area contributed by atoms with Crippen molar-refractivity contribution in [3.05, 3.63) is 81.0 Å². The molecule has 1 aliphatic heterocycles. The molecule has 2 aliphatic rings. The zero-order valence-corrected chi connectivity index (χ0v) is 18.8. The minimum absolute atomic E-state index is 0.00700. The average molecular weight is 399 g/mol. The molecular weight excluding hydrogens is 368 g/mol. The first-order chi connectivity index (χ1) is 14.2. The fourth-order valence-corrected chi connectivity index (χ4v) is 4.41. The molecular formula is C28H30O2. The number of hydrogen-bond donors (Lipinski definition) is 0. The summed E-state index contributed by atoms with van der Waals surface area (Å²) >= 11 is 0. The summed E-state index contributed by atoms with van der Waals surface area (Å²) in [6.45, 7) is 13.0. The van der Waals surface area contributed by atoms with Gasteiger partial charge in [-0.15, -0.1) is 0 Å². The summed E-state index contributed by atoms with van der Waals surface area (Å²) in [6, 6.07) is 16.7. The van der Waals surface area contributed by atoms with Crippen molar-refractivity contribution in [1.82, 2.24) is 0 Å². The van der Waals surface area contributed by atoms with Crippen molar-refractivity contribution in [3.8, 4) is 22.5 Å². The van der Waals surface area contributed by atoms with E-state index in [1.807, 2.05) is 13.0 Å². The minimum Gasteiger partial charge on any atom is -0.456 e. The van der Waals surface area contributed by atoms with E-state index in [4.69, 9.17) is 4.42 Å². The van der Waals surface area contributed by atoms with Crippen LogP contribution in [-0.4, -0.2) is 0 Å². The van der Waals surface area contributed by atoms with Crippen LogP contribution in [0.1, 0.15) is 56.4 Å². The second kappa shape index (κ2) is 7.43. The van der Waals surface area contributed by atoms with Gasteiger partial charge < -0.3 is 4.42 Å². The van der Waals surface area contributed by atoms with Gasteiger partial charge in [0.1, 0.15) is 11.3 Å². The van der Waals surface area contributed by atoms with Crippen molar-refractivity contribution in [3.63, 3.8) is 0 Å². The number of hydrogen-bond acceptors (Lipinski definition) is 2. The Bertz CT molecular complexity index is 1270. The minimum atomic E-state index is -0.00700. The first-order valence-corrected chi connectivity index (χ1v) is 10.8. The molecule has 30 heavy (non-hydrogen) atoms. The second-order valence-electron chi connectivity index (χ2n) is 9.41. The van der Waals surface area contributed by atoms with Crippen LogP contribution in [0.4, 0.5) is 0 Å². The molecule has 0 radical (unpaired) electrons. The summed E-state index contributed by atoms with van der Waals surface area (Å²) in [4.78, 5) is 12.4. The molecule has 2 aromatic carbocycles. The molecule has 154 valence electrons. The van der Waals surface area contributed by atoms with Gasteiger partial charge in [0.2, 0.25) is 0 Å². The maximum Gasteiger partial charge on any atom is 0.185 e. The maximum absolute atomic E-state index is 12.4. The zero-order chi connectivity index (χ0) is 21.6.